The van der Waals surface area contributed by atoms with Crippen LogP contribution in [0.3, 0.4) is 0 Å². The van der Waals surface area contributed by atoms with Gasteiger partial charge in [0.2, 0.25) is 0 Å². The number of hydrogen-bond donors (Lipinski definition) is 1. The van der Waals surface area contributed by atoms with Crippen molar-refractivity contribution < 1.29 is 0 Å². The smallest absolute Gasteiger partial charge is 0.150 e. The van der Waals surface area contributed by atoms with Crippen molar-refractivity contribution in [1.82, 2.24) is 15.0 Å². The maximum atomic E-state index is 9.36. The van der Waals surface area contributed by atoms with Crippen LogP contribution in [0.5, 0.6) is 0 Å². The van der Waals surface area contributed by atoms with E-state index in [1.807, 2.05) is 43.3 Å². The predicted molar refractivity (Wildman–Crippen MR) is 81.8 cm³/mol. The number of nitrogens with one attached hydrogen (secondary N) is 1. The molecule has 102 valence electrons. The fourth-order valence-corrected chi connectivity index (χ4v) is 2.23. The molecule has 2 heterocycles. The lowest BCUT2D eigenvalue weighted by molar-refractivity contribution is 1.05. The SMILES string of the molecule is CNc1cc(-c2cc3ccccc3nc2C#N)nc(C)n1. The molecule has 0 saturated carbocycles. The van der Waals surface area contributed by atoms with E-state index in [4.69, 9.17) is 0 Å². The number of pyridine rings is 1. The first kappa shape index (κ1) is 13.0. The third-order valence-corrected chi connectivity index (χ3v) is 3.20. The summed E-state index contributed by atoms with van der Waals surface area (Å²) in [6.07, 6.45) is 0. The van der Waals surface area contributed by atoms with Crippen molar-refractivity contribution in [3.05, 3.63) is 47.9 Å². The first-order chi connectivity index (χ1) is 10.2. The minimum absolute atomic E-state index is 0.369. The molecule has 0 fully saturated rings. The van der Waals surface area contributed by atoms with Gasteiger partial charge in [0.25, 0.3) is 0 Å². The Labute approximate surface area is 122 Å². The van der Waals surface area contributed by atoms with E-state index < -0.39 is 0 Å². The first-order valence-corrected chi connectivity index (χ1v) is 6.55. The molecule has 0 aliphatic carbocycles. The molecule has 0 amide bonds. The number of benzene rings is 1. The predicted octanol–water partition coefficient (Wildman–Crippen LogP) is 2.91. The van der Waals surface area contributed by atoms with Gasteiger partial charge in [0.1, 0.15) is 17.7 Å². The molecule has 0 saturated heterocycles. The van der Waals surface area contributed by atoms with Crippen LogP contribution in [0, 0.1) is 18.3 Å². The molecule has 5 heteroatoms. The van der Waals surface area contributed by atoms with Crippen molar-refractivity contribution in [1.29, 1.82) is 5.26 Å². The molecular formula is C16H13N5. The summed E-state index contributed by atoms with van der Waals surface area (Å²) in [5.74, 6) is 1.36. The standard InChI is InChI=1S/C16H13N5/c1-10-19-14(8-16(18-2)20-10)12-7-11-5-3-4-6-13(11)21-15(12)9-17/h3-8H,1-2H3,(H,18,19,20). The second-order valence-electron chi connectivity index (χ2n) is 4.62. The Kier molecular flexibility index (Phi) is 3.20. The van der Waals surface area contributed by atoms with Gasteiger partial charge in [0.15, 0.2) is 5.69 Å². The second-order valence-corrected chi connectivity index (χ2v) is 4.62. The lowest BCUT2D eigenvalue weighted by Gasteiger charge is -2.08. The number of fused-ring (bicyclic) bond motifs is 1. The van der Waals surface area contributed by atoms with Crippen molar-refractivity contribution in [2.24, 2.45) is 0 Å². The Morgan fingerprint density at radius 1 is 1.10 bits per heavy atom. The molecule has 0 bridgehead atoms. The Bertz CT molecular complexity index is 864. The van der Waals surface area contributed by atoms with Gasteiger partial charge in [-0.2, -0.15) is 5.26 Å². The van der Waals surface area contributed by atoms with Crippen molar-refractivity contribution in [3.8, 4) is 17.3 Å². The lowest BCUT2D eigenvalue weighted by atomic mass is 10.1. The monoisotopic (exact) mass is 275 g/mol. The Morgan fingerprint density at radius 3 is 2.67 bits per heavy atom. The van der Waals surface area contributed by atoms with Crippen LogP contribution in [0.2, 0.25) is 0 Å². The average Bonchev–Trinajstić information content (AvgIpc) is 2.52. The lowest BCUT2D eigenvalue weighted by Crippen LogP contribution is -2.00. The van der Waals surface area contributed by atoms with E-state index in [1.165, 1.54) is 0 Å². The van der Waals surface area contributed by atoms with Crippen LogP contribution in [0.15, 0.2) is 36.4 Å². The van der Waals surface area contributed by atoms with E-state index in [0.717, 1.165) is 22.3 Å². The van der Waals surface area contributed by atoms with Crippen molar-refractivity contribution >= 4 is 16.7 Å². The van der Waals surface area contributed by atoms with Gasteiger partial charge in [0, 0.05) is 24.1 Å². The summed E-state index contributed by atoms with van der Waals surface area (Å²) in [6, 6.07) is 13.6. The Morgan fingerprint density at radius 2 is 1.90 bits per heavy atom. The molecule has 21 heavy (non-hydrogen) atoms. The van der Waals surface area contributed by atoms with Crippen LogP contribution >= 0.6 is 0 Å². The highest BCUT2D eigenvalue weighted by Crippen LogP contribution is 2.26. The van der Waals surface area contributed by atoms with Gasteiger partial charge >= 0.3 is 0 Å². The molecule has 1 aromatic carbocycles. The summed E-state index contributed by atoms with van der Waals surface area (Å²) in [4.78, 5) is 13.1. The average molecular weight is 275 g/mol. The zero-order chi connectivity index (χ0) is 14.8. The highest BCUT2D eigenvalue weighted by atomic mass is 15.0. The molecule has 0 unspecified atom stereocenters. The van der Waals surface area contributed by atoms with Crippen molar-refractivity contribution in [2.75, 3.05) is 12.4 Å². The maximum Gasteiger partial charge on any atom is 0.150 e. The van der Waals surface area contributed by atoms with E-state index in [2.05, 4.69) is 26.3 Å². The fourth-order valence-electron chi connectivity index (χ4n) is 2.23. The molecule has 1 N–H and O–H groups in total. The summed E-state index contributed by atoms with van der Waals surface area (Å²) >= 11 is 0. The van der Waals surface area contributed by atoms with Gasteiger partial charge in [-0.15, -0.1) is 0 Å². The van der Waals surface area contributed by atoms with Crippen molar-refractivity contribution in [3.63, 3.8) is 0 Å². The molecule has 0 radical (unpaired) electrons. The van der Waals surface area contributed by atoms with E-state index in [0.29, 0.717) is 17.2 Å². The highest BCUT2D eigenvalue weighted by molar-refractivity contribution is 5.85. The van der Waals surface area contributed by atoms with Crippen LogP contribution in [0.25, 0.3) is 22.2 Å². The van der Waals surface area contributed by atoms with Crippen molar-refractivity contribution in [2.45, 2.75) is 6.92 Å². The number of anilines is 1. The van der Waals surface area contributed by atoms with Gasteiger partial charge < -0.3 is 5.32 Å². The summed E-state index contributed by atoms with van der Waals surface area (Å²) in [6.45, 7) is 1.82. The summed E-state index contributed by atoms with van der Waals surface area (Å²) in [5, 5.41) is 13.3. The van der Waals surface area contributed by atoms with Gasteiger partial charge in [-0.1, -0.05) is 18.2 Å². The fraction of sp³-hybridized carbons (Fsp3) is 0.125. The summed E-state index contributed by atoms with van der Waals surface area (Å²) < 4.78 is 0. The number of para-hydroxylation sites is 1. The van der Waals surface area contributed by atoms with Gasteiger partial charge in [-0.05, 0) is 19.1 Å². The summed E-state index contributed by atoms with van der Waals surface area (Å²) in [5.41, 5.74) is 2.59. The Hall–Kier alpha value is -3.00. The quantitative estimate of drug-likeness (QED) is 0.778. The highest BCUT2D eigenvalue weighted by Gasteiger charge is 2.11. The van der Waals surface area contributed by atoms with Gasteiger partial charge in [0.05, 0.1) is 11.2 Å². The minimum Gasteiger partial charge on any atom is -0.373 e. The molecule has 2 aromatic heterocycles. The number of nitrogens with zero attached hydrogens (tertiary/aromatic N) is 4. The number of rotatable bonds is 2. The van der Waals surface area contributed by atoms with Crippen LogP contribution in [-0.4, -0.2) is 22.0 Å². The van der Waals surface area contributed by atoms with Crippen LogP contribution in [0.4, 0.5) is 5.82 Å². The normalized spacial score (nSPS) is 10.3. The van der Waals surface area contributed by atoms with Gasteiger partial charge in [-0.25, -0.2) is 15.0 Å². The third kappa shape index (κ3) is 2.39. The number of hydrogen-bond acceptors (Lipinski definition) is 5. The van der Waals surface area contributed by atoms with E-state index in [-0.39, 0.29) is 0 Å². The molecule has 0 spiro atoms. The number of aromatic nitrogens is 3. The molecule has 3 aromatic rings. The van der Waals surface area contributed by atoms with Crippen LogP contribution in [0.1, 0.15) is 11.5 Å². The topological polar surface area (TPSA) is 74.5 Å². The molecule has 0 aliphatic heterocycles. The van der Waals surface area contributed by atoms with Gasteiger partial charge in [-0.3, -0.25) is 0 Å². The minimum atomic E-state index is 0.369. The maximum absolute atomic E-state index is 9.36. The zero-order valence-corrected chi connectivity index (χ0v) is 11.8. The number of nitriles is 1. The van der Waals surface area contributed by atoms with E-state index in [9.17, 15) is 5.26 Å². The molecule has 0 aliphatic rings. The summed E-state index contributed by atoms with van der Waals surface area (Å²) in [7, 11) is 1.80. The molecule has 0 atom stereocenters. The second kappa shape index (κ2) is 5.17. The largest absolute Gasteiger partial charge is 0.373 e. The Balaban J connectivity index is 2.28. The first-order valence-electron chi connectivity index (χ1n) is 6.55. The van der Waals surface area contributed by atoms with E-state index >= 15 is 0 Å². The van der Waals surface area contributed by atoms with E-state index in [1.54, 1.807) is 7.05 Å². The molecular weight excluding hydrogens is 262 g/mol. The third-order valence-electron chi connectivity index (χ3n) is 3.20. The van der Waals surface area contributed by atoms with Crippen LogP contribution < -0.4 is 5.32 Å². The molecule has 5 nitrogen and oxygen atoms in total. The zero-order valence-electron chi connectivity index (χ0n) is 11.8. The van der Waals surface area contributed by atoms with Crippen LogP contribution in [-0.2, 0) is 0 Å². The molecule has 3 rings (SSSR count). The number of aryl methyl sites for hydroxylation is 1.